The molecule has 2 aliphatic heterocycles. The Morgan fingerprint density at radius 1 is 1.22 bits per heavy atom. The van der Waals surface area contributed by atoms with Crippen molar-refractivity contribution in [2.24, 2.45) is 4.99 Å². The average molecular weight is 364 g/mol. The molecule has 2 aromatic rings. The van der Waals surface area contributed by atoms with Gasteiger partial charge in [0.15, 0.2) is 0 Å². The quantitative estimate of drug-likeness (QED) is 0.835. The van der Waals surface area contributed by atoms with Crippen molar-refractivity contribution in [3.8, 4) is 5.75 Å². The van der Waals surface area contributed by atoms with E-state index in [2.05, 4.69) is 46.9 Å². The molecule has 1 saturated heterocycles. The lowest BCUT2D eigenvalue weighted by Gasteiger charge is -2.32. The molecule has 6 heteroatoms. The summed E-state index contributed by atoms with van der Waals surface area (Å²) in [4.78, 5) is 16.0. The molecule has 0 N–H and O–H groups in total. The second-order valence-electron chi connectivity index (χ2n) is 7.92. The number of hydrogen-bond acceptors (Lipinski definition) is 6. The van der Waals surface area contributed by atoms with Crippen LogP contribution in [0.1, 0.15) is 43.5 Å². The van der Waals surface area contributed by atoms with Crippen molar-refractivity contribution in [3.05, 3.63) is 47.4 Å². The van der Waals surface area contributed by atoms with Crippen molar-refractivity contribution in [1.82, 2.24) is 9.97 Å². The SMILES string of the molecule is C[C@H]1CN(c2cc(C3=NCc4ccc(OC5(C)CC5)cc43)ncn2)CCO1. The third kappa shape index (κ3) is 3.30. The van der Waals surface area contributed by atoms with Crippen molar-refractivity contribution in [2.45, 2.75) is 44.9 Å². The zero-order valence-corrected chi connectivity index (χ0v) is 15.8. The summed E-state index contributed by atoms with van der Waals surface area (Å²) in [6.45, 7) is 7.36. The summed E-state index contributed by atoms with van der Waals surface area (Å²) in [5.74, 6) is 1.85. The Morgan fingerprint density at radius 2 is 2.11 bits per heavy atom. The number of morpholine rings is 1. The molecule has 2 fully saturated rings. The second kappa shape index (κ2) is 6.30. The van der Waals surface area contributed by atoms with Gasteiger partial charge in [-0.05, 0) is 44.4 Å². The minimum absolute atomic E-state index is 0.0132. The van der Waals surface area contributed by atoms with Crippen molar-refractivity contribution in [2.75, 3.05) is 24.6 Å². The zero-order chi connectivity index (χ0) is 18.4. The Morgan fingerprint density at radius 3 is 2.93 bits per heavy atom. The fourth-order valence-electron chi connectivity index (χ4n) is 3.68. The standard InChI is InChI=1S/C21H24N4O2/c1-14-12-25(7-8-26-14)19-10-18(23-13-24-19)20-17-9-16(27-21(2)5-6-21)4-3-15(17)11-22-20/h3-4,9-10,13-14H,5-8,11-12H2,1-2H3/t14-/m0/s1. The van der Waals surface area contributed by atoms with Crippen LogP contribution in [0.4, 0.5) is 5.82 Å². The molecule has 1 saturated carbocycles. The first-order valence-corrected chi connectivity index (χ1v) is 9.65. The molecule has 0 spiro atoms. The van der Waals surface area contributed by atoms with Crippen LogP contribution in [0.3, 0.4) is 0 Å². The Kier molecular flexibility index (Phi) is 3.90. The van der Waals surface area contributed by atoms with Crippen LogP contribution in [0.15, 0.2) is 35.6 Å². The number of ether oxygens (including phenoxy) is 2. The van der Waals surface area contributed by atoms with Gasteiger partial charge in [0.05, 0.1) is 30.7 Å². The lowest BCUT2D eigenvalue weighted by atomic mass is 10.0. The molecule has 0 amide bonds. The maximum absolute atomic E-state index is 6.14. The summed E-state index contributed by atoms with van der Waals surface area (Å²) >= 11 is 0. The molecule has 1 atom stereocenters. The van der Waals surface area contributed by atoms with Gasteiger partial charge < -0.3 is 14.4 Å². The van der Waals surface area contributed by atoms with Gasteiger partial charge in [-0.1, -0.05) is 6.07 Å². The third-order valence-corrected chi connectivity index (χ3v) is 5.52. The Labute approximate surface area is 159 Å². The number of hydrogen-bond donors (Lipinski definition) is 0. The van der Waals surface area contributed by atoms with Gasteiger partial charge in [-0.25, -0.2) is 9.97 Å². The van der Waals surface area contributed by atoms with E-state index in [0.717, 1.165) is 61.1 Å². The molecular weight excluding hydrogens is 340 g/mol. The summed E-state index contributed by atoms with van der Waals surface area (Å²) in [5.41, 5.74) is 4.16. The van der Waals surface area contributed by atoms with Crippen LogP contribution in [0.5, 0.6) is 5.75 Å². The van der Waals surface area contributed by atoms with Crippen LogP contribution in [-0.2, 0) is 11.3 Å². The smallest absolute Gasteiger partial charge is 0.132 e. The highest BCUT2D eigenvalue weighted by Gasteiger charge is 2.40. The number of benzene rings is 1. The molecular formula is C21H24N4O2. The van der Waals surface area contributed by atoms with Crippen LogP contribution >= 0.6 is 0 Å². The monoisotopic (exact) mass is 364 g/mol. The number of aromatic nitrogens is 2. The highest BCUT2D eigenvalue weighted by Crippen LogP contribution is 2.40. The number of anilines is 1. The van der Waals surface area contributed by atoms with E-state index >= 15 is 0 Å². The average Bonchev–Trinajstić information content (AvgIpc) is 3.25. The summed E-state index contributed by atoms with van der Waals surface area (Å²) in [5, 5.41) is 0. The Bertz CT molecular complexity index is 907. The van der Waals surface area contributed by atoms with Crippen LogP contribution in [0, 0.1) is 0 Å². The predicted octanol–water partition coefficient (Wildman–Crippen LogP) is 2.98. The maximum atomic E-state index is 6.14. The highest BCUT2D eigenvalue weighted by molar-refractivity contribution is 6.14. The Hall–Kier alpha value is -2.47. The lowest BCUT2D eigenvalue weighted by molar-refractivity contribution is 0.0529. The molecule has 140 valence electrons. The van der Waals surface area contributed by atoms with Crippen molar-refractivity contribution < 1.29 is 9.47 Å². The molecule has 5 rings (SSSR count). The first-order valence-electron chi connectivity index (χ1n) is 9.65. The van der Waals surface area contributed by atoms with Gasteiger partial charge in [-0.15, -0.1) is 0 Å². The molecule has 1 aromatic heterocycles. The van der Waals surface area contributed by atoms with Gasteiger partial charge in [-0.2, -0.15) is 0 Å². The van der Waals surface area contributed by atoms with Gasteiger partial charge >= 0.3 is 0 Å². The number of nitrogens with zero attached hydrogens (tertiary/aromatic N) is 4. The topological polar surface area (TPSA) is 59.8 Å². The normalized spacial score (nSPS) is 23.0. The molecule has 3 aliphatic rings. The van der Waals surface area contributed by atoms with Crippen LogP contribution in [0.2, 0.25) is 0 Å². The van der Waals surface area contributed by atoms with E-state index in [1.807, 2.05) is 6.07 Å². The first-order chi connectivity index (χ1) is 13.1. The third-order valence-electron chi connectivity index (χ3n) is 5.52. The first kappa shape index (κ1) is 16.7. The van der Waals surface area contributed by atoms with Gasteiger partial charge in [0.2, 0.25) is 0 Å². The minimum atomic E-state index is 0.0132. The van der Waals surface area contributed by atoms with E-state index in [0.29, 0.717) is 6.54 Å². The highest BCUT2D eigenvalue weighted by atomic mass is 16.5. The Balaban J connectivity index is 1.43. The molecule has 0 bridgehead atoms. The van der Waals surface area contributed by atoms with Gasteiger partial charge in [0.25, 0.3) is 0 Å². The summed E-state index contributed by atoms with van der Waals surface area (Å²) in [7, 11) is 0. The van der Waals surface area contributed by atoms with Gasteiger partial charge in [0, 0.05) is 24.7 Å². The number of aliphatic imine (C=N–C) groups is 1. The largest absolute Gasteiger partial charge is 0.488 e. The van der Waals surface area contributed by atoms with Crippen molar-refractivity contribution >= 4 is 11.5 Å². The molecule has 27 heavy (non-hydrogen) atoms. The van der Waals surface area contributed by atoms with Crippen molar-refractivity contribution in [1.29, 1.82) is 0 Å². The lowest BCUT2D eigenvalue weighted by Crippen LogP contribution is -2.41. The molecule has 0 radical (unpaired) electrons. The van der Waals surface area contributed by atoms with Crippen LogP contribution in [0.25, 0.3) is 0 Å². The van der Waals surface area contributed by atoms with E-state index in [4.69, 9.17) is 14.5 Å². The van der Waals surface area contributed by atoms with Crippen LogP contribution in [-0.4, -0.2) is 47.1 Å². The van der Waals surface area contributed by atoms with E-state index in [1.54, 1.807) is 6.33 Å². The second-order valence-corrected chi connectivity index (χ2v) is 7.92. The minimum Gasteiger partial charge on any atom is -0.488 e. The maximum Gasteiger partial charge on any atom is 0.132 e. The molecule has 1 aromatic carbocycles. The zero-order valence-electron chi connectivity index (χ0n) is 15.8. The van der Waals surface area contributed by atoms with Crippen LogP contribution < -0.4 is 9.64 Å². The number of rotatable bonds is 4. The van der Waals surface area contributed by atoms with Gasteiger partial charge in [-0.3, -0.25) is 4.99 Å². The number of fused-ring (bicyclic) bond motifs is 1. The van der Waals surface area contributed by atoms with E-state index < -0.39 is 0 Å². The van der Waals surface area contributed by atoms with E-state index in [-0.39, 0.29) is 11.7 Å². The molecule has 6 nitrogen and oxygen atoms in total. The fraction of sp³-hybridized carbons (Fsp3) is 0.476. The van der Waals surface area contributed by atoms with E-state index in [9.17, 15) is 0 Å². The van der Waals surface area contributed by atoms with Gasteiger partial charge in [0.1, 0.15) is 23.5 Å². The molecule has 3 heterocycles. The fourth-order valence-corrected chi connectivity index (χ4v) is 3.68. The predicted molar refractivity (Wildman–Crippen MR) is 104 cm³/mol. The van der Waals surface area contributed by atoms with E-state index in [1.165, 1.54) is 5.56 Å². The van der Waals surface area contributed by atoms with Crippen molar-refractivity contribution in [3.63, 3.8) is 0 Å². The molecule has 1 aliphatic carbocycles. The summed E-state index contributed by atoms with van der Waals surface area (Å²) in [6.07, 6.45) is 4.10. The molecule has 0 unspecified atom stereocenters. The summed E-state index contributed by atoms with van der Waals surface area (Å²) < 4.78 is 11.8. The summed E-state index contributed by atoms with van der Waals surface area (Å²) in [6, 6.07) is 8.34.